The second-order valence-corrected chi connectivity index (χ2v) is 5.28. The zero-order chi connectivity index (χ0) is 15.7. The Labute approximate surface area is 135 Å². The third-order valence-electron chi connectivity index (χ3n) is 3.31. The zero-order valence-corrected chi connectivity index (χ0v) is 13.3. The first-order valence-corrected chi connectivity index (χ1v) is 8.23. The summed E-state index contributed by atoms with van der Waals surface area (Å²) in [4.78, 5) is 11.6. The highest BCUT2D eigenvalue weighted by atomic mass is 16.1. The van der Waals surface area contributed by atoms with Crippen molar-refractivity contribution in [1.29, 1.82) is 0 Å². The van der Waals surface area contributed by atoms with Crippen LogP contribution in [0, 0.1) is 11.8 Å². The third kappa shape index (κ3) is 11.7. The van der Waals surface area contributed by atoms with Gasteiger partial charge in [-0.15, -0.1) is 0 Å². The average Bonchev–Trinajstić information content (AvgIpc) is 2.52. The largest absolute Gasteiger partial charge is 0.295 e. The molecule has 1 aliphatic carbocycles. The first kappa shape index (κ1) is 18.0. The molecule has 116 valence electrons. The van der Waals surface area contributed by atoms with Crippen LogP contribution >= 0.6 is 0 Å². The Kier molecular flexibility index (Phi) is 11.4. The zero-order valence-electron chi connectivity index (χ0n) is 13.3. The van der Waals surface area contributed by atoms with E-state index in [9.17, 15) is 4.79 Å². The van der Waals surface area contributed by atoms with E-state index in [0.29, 0.717) is 6.42 Å². The topological polar surface area (TPSA) is 17.1 Å². The molecular formula is C21H26O. The number of carbonyl (C=O) groups is 1. The van der Waals surface area contributed by atoms with E-state index < -0.39 is 0 Å². The van der Waals surface area contributed by atoms with E-state index in [0.717, 1.165) is 12.8 Å². The Bertz CT molecular complexity index is 504. The van der Waals surface area contributed by atoms with E-state index in [1.54, 1.807) is 12.2 Å². The highest BCUT2D eigenvalue weighted by Gasteiger charge is 1.91. The average molecular weight is 294 g/mol. The van der Waals surface area contributed by atoms with Crippen molar-refractivity contribution in [3.8, 4) is 11.8 Å². The number of ketones is 1. The fraction of sp³-hybridized carbons (Fsp3) is 0.381. The van der Waals surface area contributed by atoms with Crippen LogP contribution in [-0.4, -0.2) is 5.78 Å². The van der Waals surface area contributed by atoms with E-state index in [-0.39, 0.29) is 5.78 Å². The van der Waals surface area contributed by atoms with Gasteiger partial charge >= 0.3 is 0 Å². The second kappa shape index (κ2) is 13.9. The van der Waals surface area contributed by atoms with Crippen LogP contribution in [0.3, 0.4) is 0 Å². The van der Waals surface area contributed by atoms with E-state index in [1.807, 2.05) is 36.5 Å². The molecule has 1 heteroatoms. The van der Waals surface area contributed by atoms with Crippen molar-refractivity contribution in [2.75, 3.05) is 0 Å². The van der Waals surface area contributed by atoms with Crippen molar-refractivity contribution < 1.29 is 4.79 Å². The summed E-state index contributed by atoms with van der Waals surface area (Å²) in [6.45, 7) is 0. The maximum Gasteiger partial charge on any atom is 0.159 e. The lowest BCUT2D eigenvalue weighted by Gasteiger charge is -1.98. The lowest BCUT2D eigenvalue weighted by Crippen LogP contribution is -1.88. The Balaban J connectivity index is 2.48. The quantitative estimate of drug-likeness (QED) is 0.427. The Hall–Kier alpha value is -2.07. The van der Waals surface area contributed by atoms with E-state index in [1.165, 1.54) is 32.1 Å². The molecule has 0 radical (unpaired) electrons. The maximum atomic E-state index is 11.6. The van der Waals surface area contributed by atoms with Crippen LogP contribution in [0.25, 0.3) is 0 Å². The predicted molar refractivity (Wildman–Crippen MR) is 95.4 cm³/mol. The van der Waals surface area contributed by atoms with Crippen molar-refractivity contribution >= 4 is 5.78 Å². The summed E-state index contributed by atoms with van der Waals surface area (Å²) in [7, 11) is 0. The molecule has 1 nitrogen and oxygen atoms in total. The van der Waals surface area contributed by atoms with Crippen LogP contribution in [0.2, 0.25) is 0 Å². The Morgan fingerprint density at radius 3 is 2.23 bits per heavy atom. The molecule has 0 amide bonds. The van der Waals surface area contributed by atoms with Gasteiger partial charge in [0.1, 0.15) is 0 Å². The number of rotatable bonds is 0. The van der Waals surface area contributed by atoms with Crippen LogP contribution in [0.1, 0.15) is 51.4 Å². The molecule has 0 spiro atoms. The summed E-state index contributed by atoms with van der Waals surface area (Å²) in [5.41, 5.74) is 0. The number of carbonyl (C=O) groups excluding carboxylic acids is 1. The van der Waals surface area contributed by atoms with Gasteiger partial charge in [0.15, 0.2) is 5.78 Å². The van der Waals surface area contributed by atoms with Crippen LogP contribution in [0.5, 0.6) is 0 Å². The highest BCUT2D eigenvalue weighted by Crippen LogP contribution is 2.08. The van der Waals surface area contributed by atoms with Gasteiger partial charge in [0.05, 0.1) is 0 Å². The van der Waals surface area contributed by atoms with Crippen molar-refractivity contribution in [1.82, 2.24) is 0 Å². The molecule has 22 heavy (non-hydrogen) atoms. The van der Waals surface area contributed by atoms with Crippen LogP contribution in [0.4, 0.5) is 0 Å². The lowest BCUT2D eigenvalue weighted by atomic mass is 10.1. The number of hydrogen-bond acceptors (Lipinski definition) is 1. The van der Waals surface area contributed by atoms with Gasteiger partial charge in [-0.25, -0.2) is 0 Å². The van der Waals surface area contributed by atoms with Gasteiger partial charge in [0.2, 0.25) is 0 Å². The molecule has 1 rings (SSSR count). The maximum absolute atomic E-state index is 11.6. The van der Waals surface area contributed by atoms with Gasteiger partial charge in [0.25, 0.3) is 0 Å². The summed E-state index contributed by atoms with van der Waals surface area (Å²) in [6.07, 6.45) is 28.0. The molecule has 0 aromatic heterocycles. The SMILES string of the molecule is O=C1/C=C/C=C/C=C\C#C/C=C/CCCCCCC/C=C/C1. The molecule has 0 unspecified atom stereocenters. The molecule has 0 aromatic rings. The van der Waals surface area contributed by atoms with Crippen LogP contribution < -0.4 is 0 Å². The van der Waals surface area contributed by atoms with Crippen molar-refractivity contribution in [2.24, 2.45) is 0 Å². The first-order chi connectivity index (χ1) is 10.9. The van der Waals surface area contributed by atoms with Gasteiger partial charge in [0, 0.05) is 6.42 Å². The van der Waals surface area contributed by atoms with E-state index >= 15 is 0 Å². The van der Waals surface area contributed by atoms with Gasteiger partial charge in [-0.1, -0.05) is 73.6 Å². The fourth-order valence-corrected chi connectivity index (χ4v) is 2.07. The smallest absolute Gasteiger partial charge is 0.159 e. The minimum Gasteiger partial charge on any atom is -0.295 e. The second-order valence-electron chi connectivity index (χ2n) is 5.28. The van der Waals surface area contributed by atoms with Crippen molar-refractivity contribution in [2.45, 2.75) is 51.4 Å². The molecular weight excluding hydrogens is 268 g/mol. The summed E-state index contributed by atoms with van der Waals surface area (Å²) in [6, 6.07) is 0. The van der Waals surface area contributed by atoms with Crippen LogP contribution in [-0.2, 0) is 4.79 Å². The van der Waals surface area contributed by atoms with Gasteiger partial charge in [-0.3, -0.25) is 4.79 Å². The fourth-order valence-electron chi connectivity index (χ4n) is 2.07. The Morgan fingerprint density at radius 1 is 0.682 bits per heavy atom. The van der Waals surface area contributed by atoms with Gasteiger partial charge in [-0.05, 0) is 43.9 Å². The molecule has 0 heterocycles. The molecule has 0 N–H and O–H groups in total. The first-order valence-electron chi connectivity index (χ1n) is 8.23. The molecule has 0 aromatic carbocycles. The summed E-state index contributed by atoms with van der Waals surface area (Å²) in [5.74, 6) is 6.09. The summed E-state index contributed by atoms with van der Waals surface area (Å²) in [5, 5.41) is 0. The molecule has 1 aliphatic rings. The van der Waals surface area contributed by atoms with Crippen molar-refractivity contribution in [3.05, 3.63) is 60.8 Å². The predicted octanol–water partition coefficient (Wildman–Crippen LogP) is 5.47. The van der Waals surface area contributed by atoms with Crippen molar-refractivity contribution in [3.63, 3.8) is 0 Å². The minimum atomic E-state index is 0.140. The van der Waals surface area contributed by atoms with Gasteiger partial charge in [-0.2, -0.15) is 0 Å². The third-order valence-corrected chi connectivity index (χ3v) is 3.31. The van der Waals surface area contributed by atoms with E-state index in [2.05, 4.69) is 24.0 Å². The normalized spacial score (nSPS) is 25.7. The minimum absolute atomic E-state index is 0.140. The number of allylic oxidation sites excluding steroid dienone is 10. The molecule has 0 saturated carbocycles. The van der Waals surface area contributed by atoms with Gasteiger partial charge < -0.3 is 0 Å². The van der Waals surface area contributed by atoms with E-state index in [4.69, 9.17) is 0 Å². The highest BCUT2D eigenvalue weighted by molar-refractivity contribution is 5.90. The summed E-state index contributed by atoms with van der Waals surface area (Å²) >= 11 is 0. The molecule has 0 fully saturated rings. The molecule has 0 aliphatic heterocycles. The standard InChI is InChI=1S/C21H26O/c22-21-19-17-15-13-11-9-7-5-3-1-2-4-6-8-10-12-14-16-18-20-21/h1,3,9,11,13,15-19H,2,4,6,8,10,12,14,20H2/b3-1+,11-9-,15-13+,18-16+,19-17+. The monoisotopic (exact) mass is 294 g/mol. The summed E-state index contributed by atoms with van der Waals surface area (Å²) < 4.78 is 0. The molecule has 0 saturated heterocycles. The number of hydrogen-bond donors (Lipinski definition) is 0. The molecule has 0 bridgehead atoms. The Morgan fingerprint density at radius 2 is 1.36 bits per heavy atom. The lowest BCUT2D eigenvalue weighted by molar-refractivity contribution is -0.113. The molecule has 0 atom stereocenters. The van der Waals surface area contributed by atoms with Crippen LogP contribution in [0.15, 0.2) is 60.8 Å².